The number of hydrogen-bond acceptors (Lipinski definition) is 7. The minimum atomic E-state index is -2.60. The molecule has 0 spiro atoms. The molecule has 0 aliphatic heterocycles. The molecule has 0 bridgehead atoms. The van der Waals surface area contributed by atoms with Crippen molar-refractivity contribution < 1.29 is 17.9 Å². The van der Waals surface area contributed by atoms with Gasteiger partial charge in [0.25, 0.3) is 0 Å². The van der Waals surface area contributed by atoms with Crippen LogP contribution in [0.5, 0.6) is 5.75 Å². The van der Waals surface area contributed by atoms with Crippen molar-refractivity contribution in [3.63, 3.8) is 0 Å². The van der Waals surface area contributed by atoms with Gasteiger partial charge in [-0.25, -0.2) is 4.98 Å². The maximum Gasteiger partial charge on any atom is 0.318 e. The molecule has 1 unspecified atom stereocenters. The summed E-state index contributed by atoms with van der Waals surface area (Å²) >= 11 is 6.66. The summed E-state index contributed by atoms with van der Waals surface area (Å²) in [5.41, 5.74) is 5.86. The van der Waals surface area contributed by atoms with Crippen LogP contribution in [0, 0.1) is 0 Å². The first kappa shape index (κ1) is 22.7. The van der Waals surface area contributed by atoms with Gasteiger partial charge >= 0.3 is 10.5 Å². The normalized spacial score (nSPS) is 10.8. The molecule has 0 fully saturated rings. The van der Waals surface area contributed by atoms with Crippen LogP contribution in [-0.2, 0) is 15.3 Å². The van der Waals surface area contributed by atoms with Crippen LogP contribution in [0.1, 0.15) is 30.3 Å². The quantitative estimate of drug-likeness (QED) is 0.575. The number of anilines is 1. The van der Waals surface area contributed by atoms with E-state index in [2.05, 4.69) is 22.0 Å². The van der Waals surface area contributed by atoms with E-state index in [1.807, 2.05) is 30.5 Å². The van der Waals surface area contributed by atoms with Gasteiger partial charge in [-0.1, -0.05) is 13.0 Å². The molecule has 11 heteroatoms. The number of amides is 1. The summed E-state index contributed by atoms with van der Waals surface area (Å²) in [4.78, 5) is 14.5. The monoisotopic (exact) mass is 428 g/mol. The predicted octanol–water partition coefficient (Wildman–Crippen LogP) is 2.58. The maximum absolute atomic E-state index is 10.8. The molecule has 0 radical (unpaired) electrons. The molecule has 2 aromatic rings. The fraction of sp³-hybridized carbons (Fsp3) is 0.312. The van der Waals surface area contributed by atoms with Crippen molar-refractivity contribution in [3.05, 3.63) is 40.3 Å². The number of ether oxygens (including phenoxy) is 1. The SMILES string of the molecule is CCOc1ccc(C(C)c2nccs2)cc1N(C)C(=S)N=S(=O)=O.NC=O. The average molecular weight is 429 g/mol. The van der Waals surface area contributed by atoms with Crippen molar-refractivity contribution in [2.45, 2.75) is 19.8 Å². The summed E-state index contributed by atoms with van der Waals surface area (Å²) < 4.78 is 30.6. The minimum absolute atomic E-state index is 0.0525. The number of nitrogens with two attached hydrogens (primary N) is 1. The van der Waals surface area contributed by atoms with E-state index in [0.717, 1.165) is 10.6 Å². The number of rotatable bonds is 5. The van der Waals surface area contributed by atoms with E-state index in [9.17, 15) is 8.42 Å². The summed E-state index contributed by atoms with van der Waals surface area (Å²) in [5, 5.41) is 2.88. The standard InChI is InChI=1S/C15H17N3O3S3.CH3NO/c1-4-21-13-6-5-11(10(2)14-16-7-8-23-14)9-12(13)18(3)15(22)17-24(19)20;2-1-3/h5-10H,4H2,1-3H3;1H,(H2,2,3). The Labute approximate surface area is 168 Å². The lowest BCUT2D eigenvalue weighted by Gasteiger charge is -2.22. The molecule has 146 valence electrons. The van der Waals surface area contributed by atoms with Crippen LogP contribution in [0.4, 0.5) is 5.69 Å². The maximum atomic E-state index is 10.8. The molecule has 0 saturated heterocycles. The summed E-state index contributed by atoms with van der Waals surface area (Å²) in [5.74, 6) is 0.719. The second-order valence-corrected chi connectivity index (χ2v) is 6.95. The number of aromatic nitrogens is 1. The van der Waals surface area contributed by atoms with Crippen molar-refractivity contribution in [1.82, 2.24) is 4.98 Å². The van der Waals surface area contributed by atoms with Crippen molar-refractivity contribution >= 4 is 51.3 Å². The number of thiocarbonyl (C=S) groups is 1. The minimum Gasteiger partial charge on any atom is -0.492 e. The first-order chi connectivity index (χ1) is 12.8. The van der Waals surface area contributed by atoms with Crippen LogP contribution in [0.15, 0.2) is 34.1 Å². The van der Waals surface area contributed by atoms with Gasteiger partial charge in [0.05, 0.1) is 17.3 Å². The number of nitrogens with zero attached hydrogens (tertiary/aromatic N) is 3. The van der Waals surface area contributed by atoms with Gasteiger partial charge in [-0.15, -0.1) is 15.7 Å². The molecular formula is C16H20N4O4S3. The Morgan fingerprint density at radius 1 is 1.52 bits per heavy atom. The van der Waals surface area contributed by atoms with Crippen LogP contribution in [0.3, 0.4) is 0 Å². The topological polar surface area (TPSA) is 115 Å². The Hall–Kier alpha value is -2.37. The number of benzene rings is 1. The van der Waals surface area contributed by atoms with Crippen molar-refractivity contribution in [2.75, 3.05) is 18.6 Å². The third kappa shape index (κ3) is 6.70. The van der Waals surface area contributed by atoms with E-state index in [0.29, 0.717) is 18.0 Å². The fourth-order valence-corrected chi connectivity index (χ4v) is 3.42. The molecular weight excluding hydrogens is 408 g/mol. The smallest absolute Gasteiger partial charge is 0.318 e. The molecule has 0 aliphatic carbocycles. The van der Waals surface area contributed by atoms with Crippen molar-refractivity contribution in [1.29, 1.82) is 0 Å². The summed E-state index contributed by atoms with van der Waals surface area (Å²) in [6.45, 7) is 4.43. The molecule has 8 nitrogen and oxygen atoms in total. The zero-order valence-electron chi connectivity index (χ0n) is 15.0. The highest BCUT2D eigenvalue weighted by Gasteiger charge is 2.17. The largest absolute Gasteiger partial charge is 0.492 e. The number of hydrogen-bond donors (Lipinski definition) is 1. The van der Waals surface area contributed by atoms with E-state index >= 15 is 0 Å². The predicted molar refractivity (Wildman–Crippen MR) is 110 cm³/mol. The third-order valence-corrected chi connectivity index (χ3v) is 5.17. The van der Waals surface area contributed by atoms with Crippen LogP contribution in [0.2, 0.25) is 0 Å². The van der Waals surface area contributed by atoms with E-state index in [1.54, 1.807) is 24.6 Å². The molecule has 1 amide bonds. The Bertz CT molecular complexity index is 890. The van der Waals surface area contributed by atoms with Gasteiger partial charge in [0.1, 0.15) is 5.75 Å². The third-order valence-electron chi connectivity index (χ3n) is 3.41. The lowest BCUT2D eigenvalue weighted by molar-refractivity contribution is -0.106. The van der Waals surface area contributed by atoms with E-state index in [-0.39, 0.29) is 17.4 Å². The van der Waals surface area contributed by atoms with Gasteiger partial charge in [0.2, 0.25) is 11.5 Å². The lowest BCUT2D eigenvalue weighted by Crippen LogP contribution is -2.23. The first-order valence-electron chi connectivity index (χ1n) is 7.75. The van der Waals surface area contributed by atoms with Gasteiger partial charge in [0, 0.05) is 24.5 Å². The summed E-state index contributed by atoms with van der Waals surface area (Å²) in [6.07, 6.45) is 2.02. The molecule has 2 N–H and O–H groups in total. The van der Waals surface area contributed by atoms with Gasteiger partial charge in [-0.05, 0) is 36.8 Å². The molecule has 1 atom stereocenters. The number of primary amides is 1. The van der Waals surface area contributed by atoms with Crippen LogP contribution < -0.4 is 15.4 Å². The Kier molecular flexibility index (Phi) is 9.54. The highest BCUT2D eigenvalue weighted by atomic mass is 32.2. The molecule has 2 rings (SSSR count). The first-order valence-corrected chi connectivity index (χ1v) is 10.1. The Morgan fingerprint density at radius 2 is 2.19 bits per heavy atom. The number of thiazole rings is 1. The van der Waals surface area contributed by atoms with Crippen molar-refractivity contribution in [3.8, 4) is 5.75 Å². The molecule has 1 heterocycles. The second kappa shape index (κ2) is 11.4. The van der Waals surface area contributed by atoms with Gasteiger partial charge < -0.3 is 15.4 Å². The Balaban J connectivity index is 0.00000114. The van der Waals surface area contributed by atoms with Crippen LogP contribution in [-0.4, -0.2) is 38.6 Å². The number of carbonyl (C=O) groups is 1. The van der Waals surface area contributed by atoms with Crippen molar-refractivity contribution in [2.24, 2.45) is 10.1 Å². The fourth-order valence-electron chi connectivity index (χ4n) is 2.16. The summed E-state index contributed by atoms with van der Waals surface area (Å²) in [7, 11) is -0.935. The number of carbonyl (C=O) groups excluding carboxylic acids is 1. The molecule has 1 aromatic heterocycles. The van der Waals surface area contributed by atoms with Crippen LogP contribution in [0.25, 0.3) is 0 Å². The molecule has 1 aromatic carbocycles. The zero-order chi connectivity index (χ0) is 20.4. The van der Waals surface area contributed by atoms with Gasteiger partial charge in [-0.3, -0.25) is 4.79 Å². The van der Waals surface area contributed by atoms with Crippen LogP contribution >= 0.6 is 23.6 Å². The van der Waals surface area contributed by atoms with E-state index < -0.39 is 10.5 Å². The molecule has 0 aliphatic rings. The Morgan fingerprint density at radius 3 is 2.70 bits per heavy atom. The highest BCUT2D eigenvalue weighted by Crippen LogP contribution is 2.34. The average Bonchev–Trinajstić information content (AvgIpc) is 3.16. The highest BCUT2D eigenvalue weighted by molar-refractivity contribution is 7.81. The second-order valence-electron chi connectivity index (χ2n) is 5.04. The van der Waals surface area contributed by atoms with E-state index in [4.69, 9.17) is 21.7 Å². The lowest BCUT2D eigenvalue weighted by atomic mass is 10.0. The molecule has 27 heavy (non-hydrogen) atoms. The van der Waals surface area contributed by atoms with Gasteiger partial charge in [-0.2, -0.15) is 8.42 Å². The van der Waals surface area contributed by atoms with Gasteiger partial charge in [0.15, 0.2) is 0 Å². The zero-order valence-corrected chi connectivity index (χ0v) is 17.5. The van der Waals surface area contributed by atoms with E-state index in [1.165, 1.54) is 4.90 Å². The molecule has 0 saturated carbocycles. The summed E-state index contributed by atoms with van der Waals surface area (Å²) in [6, 6.07) is 5.75.